The Morgan fingerprint density at radius 2 is 2.02 bits per heavy atom. The van der Waals surface area contributed by atoms with Gasteiger partial charge in [0.05, 0.1) is 12.2 Å². The Bertz CT molecular complexity index is 1550. The normalized spacial score (nSPS) is 20.3. The number of hydrogen-bond donors (Lipinski definition) is 0. The van der Waals surface area contributed by atoms with E-state index in [0.29, 0.717) is 44.8 Å². The summed E-state index contributed by atoms with van der Waals surface area (Å²) in [7, 11) is 2.12. The molecule has 3 aliphatic heterocycles. The van der Waals surface area contributed by atoms with Gasteiger partial charge in [-0.15, -0.1) is 0 Å². The number of halogens is 1. The van der Waals surface area contributed by atoms with E-state index in [-0.39, 0.29) is 37.8 Å². The second-order valence-corrected chi connectivity index (χ2v) is 11.3. The van der Waals surface area contributed by atoms with Crippen molar-refractivity contribution in [2.45, 2.75) is 37.9 Å². The highest BCUT2D eigenvalue weighted by molar-refractivity contribution is 7.59. The number of amides is 1. The maximum Gasteiger partial charge on any atom is 0.318 e. The molecule has 6 rings (SSSR count). The van der Waals surface area contributed by atoms with Crippen LogP contribution in [0.15, 0.2) is 49.1 Å². The Morgan fingerprint density at radius 1 is 1.16 bits per heavy atom. The zero-order valence-corrected chi connectivity index (χ0v) is 25.5. The maximum atomic E-state index is 14.0. The average Bonchev–Trinajstić information content (AvgIpc) is 3.42. The van der Waals surface area contributed by atoms with E-state index in [1.807, 2.05) is 18.2 Å². The molecule has 9 nitrogen and oxygen atoms in total. The summed E-state index contributed by atoms with van der Waals surface area (Å²) in [4.78, 5) is 34.5. The molecule has 4 heterocycles. The molecular formula is C32H38FN7O2S. The van der Waals surface area contributed by atoms with Gasteiger partial charge in [-0.25, -0.2) is 11.0 Å². The molecule has 0 bridgehead atoms. The largest absolute Gasteiger partial charge is 0.462 e. The molecule has 3 aliphatic rings. The Morgan fingerprint density at radius 3 is 2.79 bits per heavy atom. The molecule has 0 radical (unpaired) electrons. The quantitative estimate of drug-likeness (QED) is 0.298. The van der Waals surface area contributed by atoms with Crippen molar-refractivity contribution in [1.29, 1.82) is 0 Å². The van der Waals surface area contributed by atoms with Crippen LogP contribution in [0.3, 0.4) is 0 Å². The number of likely N-dealkylation sites (N-methyl/N-ethyl adjacent to an activating group) is 1. The predicted octanol–water partition coefficient (Wildman–Crippen LogP) is 4.04. The number of piperazine rings is 1. The van der Waals surface area contributed by atoms with Crippen LogP contribution in [0.1, 0.15) is 24.1 Å². The van der Waals surface area contributed by atoms with Gasteiger partial charge in [-0.3, -0.25) is 4.79 Å². The monoisotopic (exact) mass is 603 g/mol. The van der Waals surface area contributed by atoms with Gasteiger partial charge in [0.25, 0.3) is 0 Å². The fourth-order valence-corrected chi connectivity index (χ4v) is 6.51. The van der Waals surface area contributed by atoms with Crippen LogP contribution in [0.5, 0.6) is 6.01 Å². The first-order valence-corrected chi connectivity index (χ1v) is 14.6. The second-order valence-electron chi connectivity index (χ2n) is 11.3. The molecular weight excluding hydrogens is 565 g/mol. The van der Waals surface area contributed by atoms with Crippen LogP contribution >= 0.6 is 13.5 Å². The highest BCUT2D eigenvalue weighted by atomic mass is 32.1. The number of nitrogens with zero attached hydrogens (tertiary/aromatic N) is 7. The van der Waals surface area contributed by atoms with E-state index in [2.05, 4.69) is 39.2 Å². The summed E-state index contributed by atoms with van der Waals surface area (Å²) in [6.45, 7) is 15.8. The first kappa shape index (κ1) is 30.6. The van der Waals surface area contributed by atoms with Gasteiger partial charge in [0.1, 0.15) is 24.3 Å². The summed E-state index contributed by atoms with van der Waals surface area (Å²) in [6.07, 6.45) is 4.29. The van der Waals surface area contributed by atoms with Crippen molar-refractivity contribution < 1.29 is 13.9 Å². The summed E-state index contributed by atoms with van der Waals surface area (Å²) in [5, 5.41) is 1.87. The molecule has 1 aromatic heterocycles. The Kier molecular flexibility index (Phi) is 9.37. The lowest BCUT2D eigenvalue weighted by molar-refractivity contribution is -0.128. The van der Waals surface area contributed by atoms with E-state index < -0.39 is 0 Å². The first-order valence-electron chi connectivity index (χ1n) is 14.6. The molecule has 11 heteroatoms. The minimum absolute atomic E-state index is 0. The van der Waals surface area contributed by atoms with Gasteiger partial charge in [0.15, 0.2) is 0 Å². The van der Waals surface area contributed by atoms with E-state index in [4.69, 9.17) is 21.3 Å². The van der Waals surface area contributed by atoms with Crippen molar-refractivity contribution in [3.05, 3.63) is 77.5 Å². The molecule has 1 amide bonds. The highest BCUT2D eigenvalue weighted by Gasteiger charge is 2.35. The lowest BCUT2D eigenvalue weighted by Crippen LogP contribution is -2.56. The van der Waals surface area contributed by atoms with Crippen LogP contribution in [0.2, 0.25) is 0 Å². The smallest absolute Gasteiger partial charge is 0.318 e. The number of anilines is 2. The number of hydrogen-bond acceptors (Lipinski definition) is 7. The summed E-state index contributed by atoms with van der Waals surface area (Å²) < 4.78 is 20.2. The lowest BCUT2D eigenvalue weighted by atomic mass is 10.0. The van der Waals surface area contributed by atoms with Gasteiger partial charge < -0.3 is 29.2 Å². The van der Waals surface area contributed by atoms with Crippen LogP contribution in [0.4, 0.5) is 15.9 Å². The molecule has 2 saturated heterocycles. The molecule has 0 aliphatic carbocycles. The highest BCUT2D eigenvalue weighted by Crippen LogP contribution is 2.35. The third kappa shape index (κ3) is 6.26. The number of ether oxygens (including phenoxy) is 1. The topological polar surface area (TPSA) is 69.4 Å². The second kappa shape index (κ2) is 13.2. The molecule has 0 saturated carbocycles. The molecule has 2 fully saturated rings. The van der Waals surface area contributed by atoms with E-state index in [9.17, 15) is 9.18 Å². The van der Waals surface area contributed by atoms with Crippen molar-refractivity contribution in [3.63, 3.8) is 0 Å². The van der Waals surface area contributed by atoms with E-state index >= 15 is 0 Å². The fourth-order valence-electron chi connectivity index (χ4n) is 6.51. The summed E-state index contributed by atoms with van der Waals surface area (Å²) in [5.74, 6) is 0.431. The number of likely N-dealkylation sites (tertiary alicyclic amines) is 1. The van der Waals surface area contributed by atoms with Gasteiger partial charge in [-0.1, -0.05) is 18.7 Å². The van der Waals surface area contributed by atoms with E-state index in [1.165, 1.54) is 12.1 Å². The maximum absolute atomic E-state index is 14.0. The number of carbonyl (C=O) groups excluding carboxylic acids is 1. The van der Waals surface area contributed by atoms with Gasteiger partial charge in [0, 0.05) is 48.9 Å². The molecule has 226 valence electrons. The summed E-state index contributed by atoms with van der Waals surface area (Å²) in [6, 6.07) is 11.3. The van der Waals surface area contributed by atoms with Gasteiger partial charge in [-0.2, -0.15) is 23.5 Å². The molecule has 2 aromatic carbocycles. The SMILES string of the molecule is S.[C-]#[N+]CC1CN(c2nc(OC[C@@H]3CCCN3C)nc3c2CCN(c2cccc4cc(F)ccc24)C3)CCN1C(=O)C=C. The molecule has 2 atom stereocenters. The van der Waals surface area contributed by atoms with Crippen LogP contribution in [-0.2, 0) is 17.8 Å². The summed E-state index contributed by atoms with van der Waals surface area (Å²) >= 11 is 0. The number of fused-ring (bicyclic) bond motifs is 2. The Balaban J connectivity index is 0.00000368. The number of carbonyl (C=O) groups is 1. The standard InChI is InChI=1S/C32H36FN7O2.H2S/c1-4-30(41)40-16-15-39(19-25(40)18-34-2)31-27-12-14-38(29-9-5-7-22-17-23(33)10-11-26(22)29)20-28(27)35-32(36-31)42-21-24-8-6-13-37(24)3;/h4-5,7,9-11,17,24-25H,1,6,8,12-16,18-21H2,3H3;1H2/t24-,25?;/m0./s1. The van der Waals surface area contributed by atoms with Gasteiger partial charge >= 0.3 is 6.01 Å². The number of aromatic nitrogens is 2. The Hall–Kier alpha value is -3.88. The van der Waals surface area contributed by atoms with Crippen molar-refractivity contribution in [2.75, 3.05) is 62.7 Å². The van der Waals surface area contributed by atoms with E-state index in [1.54, 1.807) is 11.0 Å². The van der Waals surface area contributed by atoms with Crippen LogP contribution in [0.25, 0.3) is 15.6 Å². The molecule has 1 unspecified atom stereocenters. The zero-order chi connectivity index (χ0) is 29.2. The fraction of sp³-hybridized carbons (Fsp3) is 0.438. The van der Waals surface area contributed by atoms with Gasteiger partial charge in [-0.05, 0) is 68.6 Å². The predicted molar refractivity (Wildman–Crippen MR) is 172 cm³/mol. The third-order valence-electron chi connectivity index (χ3n) is 8.80. The number of rotatable bonds is 7. The molecule has 43 heavy (non-hydrogen) atoms. The van der Waals surface area contributed by atoms with Gasteiger partial charge in [0.2, 0.25) is 12.5 Å². The Labute approximate surface area is 259 Å². The van der Waals surface area contributed by atoms with Crippen molar-refractivity contribution in [2.24, 2.45) is 0 Å². The lowest BCUT2D eigenvalue weighted by Gasteiger charge is -2.41. The summed E-state index contributed by atoms with van der Waals surface area (Å²) in [5.41, 5.74) is 3.03. The van der Waals surface area contributed by atoms with Crippen molar-refractivity contribution >= 4 is 41.7 Å². The average molecular weight is 604 g/mol. The molecule has 0 N–H and O–H groups in total. The van der Waals surface area contributed by atoms with Crippen LogP contribution in [-0.4, -0.2) is 90.7 Å². The third-order valence-corrected chi connectivity index (χ3v) is 8.80. The van der Waals surface area contributed by atoms with Crippen molar-refractivity contribution in [1.82, 2.24) is 19.8 Å². The van der Waals surface area contributed by atoms with Crippen LogP contribution in [0, 0.1) is 12.4 Å². The van der Waals surface area contributed by atoms with E-state index in [0.717, 1.165) is 65.9 Å². The minimum atomic E-state index is -0.250. The first-order chi connectivity index (χ1) is 20.4. The van der Waals surface area contributed by atoms with Crippen LogP contribution < -0.4 is 14.5 Å². The minimum Gasteiger partial charge on any atom is -0.462 e. The van der Waals surface area contributed by atoms with Crippen molar-refractivity contribution in [3.8, 4) is 6.01 Å². The molecule has 0 spiro atoms. The zero-order valence-electron chi connectivity index (χ0n) is 24.5. The number of benzene rings is 2. The molecule has 3 aromatic rings.